The van der Waals surface area contributed by atoms with E-state index >= 15 is 0 Å². The Morgan fingerprint density at radius 2 is 0.964 bits per heavy atom. The van der Waals surface area contributed by atoms with Crippen LogP contribution < -0.4 is 43.4 Å². The van der Waals surface area contributed by atoms with Crippen molar-refractivity contribution in [2.24, 2.45) is 11.5 Å². The van der Waals surface area contributed by atoms with Crippen LogP contribution in [0.1, 0.15) is 11.1 Å². The fourth-order valence-electron chi connectivity index (χ4n) is 6.25. The van der Waals surface area contributed by atoms with Crippen LogP contribution in [0.5, 0.6) is 0 Å². The average Bonchev–Trinajstić information content (AvgIpc) is 3.14. The minimum atomic E-state index is -4.81. The summed E-state index contributed by atoms with van der Waals surface area (Å²) in [7, 11) is -9.61. The highest BCUT2D eigenvalue weighted by molar-refractivity contribution is 7.86. The van der Waals surface area contributed by atoms with Gasteiger partial charge in [0.1, 0.15) is 9.79 Å². The fraction of sp³-hybridized carbons (Fsp3) is 0.375. The van der Waals surface area contributed by atoms with Gasteiger partial charge >= 0.3 is 0 Å². The molecule has 2 aromatic heterocycles. The molecule has 0 amide bonds. The number of nitrogens with two attached hydrogens (primary N) is 4. The molecule has 0 radical (unpaired) electrons. The van der Waals surface area contributed by atoms with Crippen LogP contribution in [0.3, 0.4) is 0 Å². The molecule has 2 aliphatic heterocycles. The van der Waals surface area contributed by atoms with Gasteiger partial charge in [0.2, 0.25) is 35.7 Å². The third kappa shape index (κ3) is 10.3. The van der Waals surface area contributed by atoms with E-state index in [1.54, 1.807) is 0 Å². The van der Waals surface area contributed by atoms with Gasteiger partial charge in [-0.3, -0.25) is 18.9 Å². The lowest BCUT2D eigenvalue weighted by Crippen LogP contribution is -2.48. The lowest BCUT2D eigenvalue weighted by Gasteiger charge is -2.34. The lowest BCUT2D eigenvalue weighted by molar-refractivity contribution is 0.263. The Labute approximate surface area is 323 Å². The monoisotopic (exact) mass is 812 g/mol. The molecule has 2 fully saturated rings. The van der Waals surface area contributed by atoms with Gasteiger partial charge in [0.05, 0.1) is 0 Å². The average molecular weight is 813 g/mol. The van der Waals surface area contributed by atoms with E-state index in [0.29, 0.717) is 51.2 Å². The van der Waals surface area contributed by atoms with Crippen LogP contribution in [-0.4, -0.2) is 144 Å². The van der Waals surface area contributed by atoms with Gasteiger partial charge in [-0.25, -0.2) is 0 Å². The van der Waals surface area contributed by atoms with Crippen LogP contribution in [0.2, 0.25) is 0 Å². The summed E-state index contributed by atoms with van der Waals surface area (Å²) in [6.45, 7) is 8.27. The summed E-state index contributed by atoms with van der Waals surface area (Å²) in [5.74, 6) is 0.668. The van der Waals surface area contributed by atoms with Gasteiger partial charge in [0.25, 0.3) is 20.2 Å². The van der Waals surface area contributed by atoms with Gasteiger partial charge in [-0.2, -0.15) is 46.7 Å². The van der Waals surface area contributed by atoms with Gasteiger partial charge < -0.3 is 43.4 Å². The van der Waals surface area contributed by atoms with Gasteiger partial charge in [-0.05, 0) is 35.4 Å². The van der Waals surface area contributed by atoms with E-state index in [1.807, 2.05) is 9.80 Å². The van der Waals surface area contributed by atoms with Crippen molar-refractivity contribution in [3.63, 3.8) is 0 Å². The molecule has 300 valence electrons. The molecule has 4 heterocycles. The molecule has 4 aromatic rings. The molecular weight excluding hydrogens is 769 g/mol. The number of piperazine rings is 2. The minimum absolute atomic E-state index is 0.00444. The van der Waals surface area contributed by atoms with Crippen molar-refractivity contribution < 1.29 is 25.9 Å². The number of anilines is 8. The molecule has 0 saturated carbocycles. The number of nitrogens with one attached hydrogen (secondary N) is 2. The molecule has 22 nitrogen and oxygen atoms in total. The van der Waals surface area contributed by atoms with Gasteiger partial charge in [0, 0.05) is 89.9 Å². The van der Waals surface area contributed by atoms with E-state index in [9.17, 15) is 25.9 Å². The van der Waals surface area contributed by atoms with Gasteiger partial charge in [-0.15, -0.1) is 0 Å². The van der Waals surface area contributed by atoms with Crippen molar-refractivity contribution in [2.45, 2.75) is 9.79 Å². The Morgan fingerprint density at radius 1 is 0.589 bits per heavy atom. The van der Waals surface area contributed by atoms with Crippen LogP contribution in [0.4, 0.5) is 47.1 Å². The Balaban J connectivity index is 1.21. The summed E-state index contributed by atoms with van der Waals surface area (Å²) >= 11 is 0. The number of rotatable bonds is 14. The SMILES string of the molecule is NCCN1CCN(c2nc(N)nc(Nc3ccc(/C=C/c4ccc(Nc5nc(N)nc(N6CCN(CCN)CC6)n5)cc4S(=O)(=O)O)c(S(=O)(=O)O)c3)n2)CC1. The van der Waals surface area contributed by atoms with E-state index < -0.39 is 30.0 Å². The van der Waals surface area contributed by atoms with E-state index in [4.69, 9.17) is 22.9 Å². The molecule has 0 bridgehead atoms. The number of benzene rings is 2. The number of hydrogen-bond acceptors (Lipinski definition) is 20. The first kappa shape index (κ1) is 40.3. The smallest absolute Gasteiger partial charge is 0.295 e. The molecular formula is C32H44N16O6S2. The molecule has 0 spiro atoms. The molecule has 2 saturated heterocycles. The van der Waals surface area contributed by atoms with Crippen molar-refractivity contribution in [1.82, 2.24) is 39.7 Å². The normalized spacial score (nSPS) is 16.1. The number of hydrogen-bond donors (Lipinski definition) is 8. The second-order valence-electron chi connectivity index (χ2n) is 12.9. The van der Waals surface area contributed by atoms with E-state index in [2.05, 4.69) is 50.3 Å². The first-order chi connectivity index (χ1) is 26.7. The standard InChI is InChI=1S/C32H44N16O6S2/c33-7-9-45-11-15-47(16-12-45)31-41-27(35)39-29(43-31)37-23-5-3-21(25(19-23)55(49,50)51)1-2-22-4-6-24(20-26(22)56(52,53)54)38-30-40-28(36)42-32(44-30)48-17-13-46(10-8-34)14-18-48/h1-6,19-20H,7-18,33-34H2,(H,49,50,51)(H,52,53,54)(H3,35,37,39,41,43)(H3,36,38,40,42,44)/b2-1+. The first-order valence-corrected chi connectivity index (χ1v) is 20.4. The highest BCUT2D eigenvalue weighted by Crippen LogP contribution is 2.28. The third-order valence-corrected chi connectivity index (χ3v) is 10.8. The Bertz CT molecular complexity index is 2120. The molecule has 0 atom stereocenters. The zero-order valence-corrected chi connectivity index (χ0v) is 31.9. The number of nitrogens with zero attached hydrogens (tertiary/aromatic N) is 10. The quantitative estimate of drug-likeness (QED) is 0.0589. The Hall–Kier alpha value is -5.34. The highest BCUT2D eigenvalue weighted by Gasteiger charge is 2.23. The zero-order valence-electron chi connectivity index (χ0n) is 30.2. The molecule has 2 aliphatic rings. The summed E-state index contributed by atoms with van der Waals surface area (Å²) in [5.41, 5.74) is 23.7. The van der Waals surface area contributed by atoms with Crippen LogP contribution in [0, 0.1) is 0 Å². The number of nitrogen functional groups attached to an aromatic ring is 2. The van der Waals surface area contributed by atoms with E-state index in [0.717, 1.165) is 51.4 Å². The maximum atomic E-state index is 12.5. The predicted octanol–water partition coefficient (Wildman–Crippen LogP) is -0.467. The fourth-order valence-corrected chi connectivity index (χ4v) is 7.67. The first-order valence-electron chi connectivity index (χ1n) is 17.5. The van der Waals surface area contributed by atoms with Crippen LogP contribution in [0.25, 0.3) is 12.2 Å². The predicted molar refractivity (Wildman–Crippen MR) is 212 cm³/mol. The molecule has 2 aromatic carbocycles. The van der Waals surface area contributed by atoms with Crippen LogP contribution >= 0.6 is 0 Å². The minimum Gasteiger partial charge on any atom is -0.368 e. The van der Waals surface area contributed by atoms with Crippen molar-refractivity contribution in [2.75, 3.05) is 110 Å². The van der Waals surface area contributed by atoms with Crippen LogP contribution in [0.15, 0.2) is 46.2 Å². The molecule has 56 heavy (non-hydrogen) atoms. The Morgan fingerprint density at radius 3 is 1.30 bits per heavy atom. The largest absolute Gasteiger partial charge is 0.368 e. The van der Waals surface area contributed by atoms with Crippen molar-refractivity contribution in [3.05, 3.63) is 47.5 Å². The van der Waals surface area contributed by atoms with Crippen molar-refractivity contribution in [1.29, 1.82) is 0 Å². The number of aromatic nitrogens is 6. The van der Waals surface area contributed by atoms with E-state index in [1.165, 1.54) is 36.4 Å². The molecule has 24 heteroatoms. The maximum absolute atomic E-state index is 12.5. The summed E-state index contributed by atoms with van der Waals surface area (Å²) in [5, 5.41) is 5.82. The maximum Gasteiger partial charge on any atom is 0.295 e. The van der Waals surface area contributed by atoms with E-state index in [-0.39, 0.29) is 46.3 Å². The second-order valence-corrected chi connectivity index (χ2v) is 15.7. The summed E-state index contributed by atoms with van der Waals surface area (Å²) in [6.07, 6.45) is 2.55. The molecule has 6 rings (SSSR count). The molecule has 0 aliphatic carbocycles. The van der Waals surface area contributed by atoms with Gasteiger partial charge in [0.15, 0.2) is 0 Å². The second kappa shape index (κ2) is 17.2. The van der Waals surface area contributed by atoms with Crippen molar-refractivity contribution >= 4 is 79.5 Å². The Kier molecular flexibility index (Phi) is 12.4. The third-order valence-electron chi connectivity index (χ3n) is 9.02. The van der Waals surface area contributed by atoms with Gasteiger partial charge in [-0.1, -0.05) is 24.3 Å². The summed E-state index contributed by atoms with van der Waals surface area (Å²) in [6, 6.07) is 8.09. The zero-order chi connectivity index (χ0) is 40.0. The molecule has 12 N–H and O–H groups in total. The summed E-state index contributed by atoms with van der Waals surface area (Å²) in [4.78, 5) is 33.0. The topological polar surface area (TPSA) is 327 Å². The van der Waals surface area contributed by atoms with Crippen molar-refractivity contribution in [3.8, 4) is 0 Å². The highest BCUT2D eigenvalue weighted by atomic mass is 32.2. The molecule has 0 unspecified atom stereocenters. The summed E-state index contributed by atoms with van der Waals surface area (Å²) < 4.78 is 70.4. The van der Waals surface area contributed by atoms with Crippen LogP contribution in [-0.2, 0) is 20.2 Å². The lowest BCUT2D eigenvalue weighted by atomic mass is 10.1.